The quantitative estimate of drug-likeness (QED) is 0.768. The van der Waals surface area contributed by atoms with Crippen molar-refractivity contribution in [2.75, 3.05) is 26.5 Å². The number of rotatable bonds is 4. The molecule has 1 amide bonds. The van der Waals surface area contributed by atoms with Crippen molar-refractivity contribution in [3.8, 4) is 0 Å². The number of hydrogen-bond acceptors (Lipinski definition) is 6. The lowest BCUT2D eigenvalue weighted by Crippen LogP contribution is -2.36. The molecule has 0 aliphatic carbocycles. The van der Waals surface area contributed by atoms with Gasteiger partial charge in [-0.1, -0.05) is 0 Å². The molecule has 1 aromatic heterocycles. The van der Waals surface area contributed by atoms with Gasteiger partial charge >= 0.3 is 5.97 Å². The zero-order valence-electron chi connectivity index (χ0n) is 10.8. The van der Waals surface area contributed by atoms with E-state index in [0.717, 1.165) is 0 Å². The Hall–Kier alpha value is -2.18. The van der Waals surface area contributed by atoms with Crippen LogP contribution in [0.4, 0.5) is 5.82 Å². The Bertz CT molecular complexity index is 448. The van der Waals surface area contributed by atoms with Crippen molar-refractivity contribution in [2.24, 2.45) is 0 Å². The highest BCUT2D eigenvalue weighted by Gasteiger charge is 2.16. The molecule has 1 heterocycles. The van der Waals surface area contributed by atoms with E-state index in [2.05, 4.69) is 20.0 Å². The Kier molecular flexibility index (Phi) is 4.59. The first-order chi connectivity index (χ1) is 8.45. The second kappa shape index (κ2) is 5.95. The van der Waals surface area contributed by atoms with E-state index in [0.29, 0.717) is 5.82 Å². The average molecular weight is 252 g/mol. The highest BCUT2D eigenvalue weighted by atomic mass is 16.5. The Morgan fingerprint density at radius 1 is 1.39 bits per heavy atom. The normalized spacial score (nSPS) is 11.6. The van der Waals surface area contributed by atoms with Crippen LogP contribution >= 0.6 is 0 Å². The van der Waals surface area contributed by atoms with E-state index < -0.39 is 12.0 Å². The van der Waals surface area contributed by atoms with E-state index in [-0.39, 0.29) is 11.6 Å². The largest absolute Gasteiger partial charge is 0.464 e. The summed E-state index contributed by atoms with van der Waals surface area (Å²) in [6, 6.07) is -0.456. The first-order valence-electron chi connectivity index (χ1n) is 5.33. The van der Waals surface area contributed by atoms with Crippen LogP contribution in [0, 0.1) is 0 Å². The SMILES string of the molecule is COC(=O)c1cncc(NC(C)C(=O)N(C)C)n1. The van der Waals surface area contributed by atoms with Crippen LogP contribution in [0.5, 0.6) is 0 Å². The fourth-order valence-electron chi connectivity index (χ4n) is 1.31. The number of esters is 1. The van der Waals surface area contributed by atoms with Gasteiger partial charge in [0.05, 0.1) is 19.5 Å². The summed E-state index contributed by atoms with van der Waals surface area (Å²) in [6.07, 6.45) is 2.74. The minimum atomic E-state index is -0.572. The van der Waals surface area contributed by atoms with Gasteiger partial charge < -0.3 is 15.0 Å². The van der Waals surface area contributed by atoms with Gasteiger partial charge in [-0.3, -0.25) is 9.78 Å². The second-order valence-corrected chi connectivity index (χ2v) is 3.88. The molecule has 1 N–H and O–H groups in total. The molecule has 1 atom stereocenters. The lowest BCUT2D eigenvalue weighted by Gasteiger charge is -2.18. The molecule has 0 saturated heterocycles. The van der Waals surface area contributed by atoms with Crippen LogP contribution in [0.3, 0.4) is 0 Å². The molecule has 7 heteroatoms. The fourth-order valence-corrected chi connectivity index (χ4v) is 1.31. The third-order valence-electron chi connectivity index (χ3n) is 2.20. The molecule has 0 spiro atoms. The van der Waals surface area contributed by atoms with Crippen molar-refractivity contribution in [3.05, 3.63) is 18.1 Å². The molecule has 18 heavy (non-hydrogen) atoms. The van der Waals surface area contributed by atoms with Gasteiger partial charge in [0.15, 0.2) is 5.69 Å². The fraction of sp³-hybridized carbons (Fsp3) is 0.455. The maximum atomic E-state index is 11.6. The van der Waals surface area contributed by atoms with Gasteiger partial charge in [-0.25, -0.2) is 9.78 Å². The molecule has 1 aromatic rings. The van der Waals surface area contributed by atoms with Crippen LogP contribution in [-0.2, 0) is 9.53 Å². The highest BCUT2D eigenvalue weighted by Crippen LogP contribution is 2.06. The predicted molar refractivity (Wildman–Crippen MR) is 65.2 cm³/mol. The Balaban J connectivity index is 2.79. The third-order valence-corrected chi connectivity index (χ3v) is 2.20. The minimum Gasteiger partial charge on any atom is -0.464 e. The first-order valence-corrected chi connectivity index (χ1v) is 5.33. The Morgan fingerprint density at radius 2 is 2.06 bits per heavy atom. The molecule has 7 nitrogen and oxygen atoms in total. The zero-order valence-corrected chi connectivity index (χ0v) is 10.8. The minimum absolute atomic E-state index is 0.0898. The van der Waals surface area contributed by atoms with Gasteiger partial charge in [0.2, 0.25) is 5.91 Å². The number of nitrogens with one attached hydrogen (secondary N) is 1. The smallest absolute Gasteiger partial charge is 0.358 e. The summed E-state index contributed by atoms with van der Waals surface area (Å²) in [4.78, 5) is 32.2. The van der Waals surface area contributed by atoms with Crippen molar-refractivity contribution in [1.29, 1.82) is 0 Å². The van der Waals surface area contributed by atoms with Crippen LogP contribution in [0.1, 0.15) is 17.4 Å². The van der Waals surface area contributed by atoms with Crippen molar-refractivity contribution in [1.82, 2.24) is 14.9 Å². The number of methoxy groups -OCH3 is 1. The van der Waals surface area contributed by atoms with Crippen LogP contribution in [-0.4, -0.2) is 54.0 Å². The summed E-state index contributed by atoms with van der Waals surface area (Å²) in [7, 11) is 4.59. The standard InChI is InChI=1S/C11H16N4O3/c1-7(10(16)15(2)3)13-9-6-12-5-8(14-9)11(17)18-4/h5-7H,1-4H3,(H,13,14). The molecule has 1 unspecified atom stereocenters. The van der Waals surface area contributed by atoms with Gasteiger partial charge in [0, 0.05) is 14.1 Å². The molecular weight excluding hydrogens is 236 g/mol. The van der Waals surface area contributed by atoms with E-state index in [1.807, 2.05) is 0 Å². The second-order valence-electron chi connectivity index (χ2n) is 3.88. The van der Waals surface area contributed by atoms with E-state index in [4.69, 9.17) is 0 Å². The summed E-state index contributed by atoms with van der Waals surface area (Å²) in [5, 5.41) is 2.87. The maximum absolute atomic E-state index is 11.6. The Labute approximate surface area is 105 Å². The summed E-state index contributed by atoms with van der Waals surface area (Å²) in [5.41, 5.74) is 0.0898. The van der Waals surface area contributed by atoms with Crippen molar-refractivity contribution in [3.63, 3.8) is 0 Å². The predicted octanol–water partition coefficient (Wildman–Crippen LogP) is 0.152. The summed E-state index contributed by atoms with van der Waals surface area (Å²) >= 11 is 0. The number of nitrogens with zero attached hydrogens (tertiary/aromatic N) is 3. The summed E-state index contributed by atoms with van der Waals surface area (Å²) in [6.45, 7) is 1.70. The molecule has 0 bridgehead atoms. The van der Waals surface area contributed by atoms with Gasteiger partial charge in [-0.2, -0.15) is 0 Å². The number of ether oxygens (including phenoxy) is 1. The van der Waals surface area contributed by atoms with Gasteiger partial charge in [-0.15, -0.1) is 0 Å². The van der Waals surface area contributed by atoms with Gasteiger partial charge in [-0.05, 0) is 6.92 Å². The van der Waals surface area contributed by atoms with E-state index in [9.17, 15) is 9.59 Å². The van der Waals surface area contributed by atoms with Crippen LogP contribution in [0.15, 0.2) is 12.4 Å². The molecule has 0 saturated carbocycles. The van der Waals surface area contributed by atoms with Gasteiger partial charge in [0.1, 0.15) is 11.9 Å². The molecular formula is C11H16N4O3. The number of anilines is 1. The highest BCUT2D eigenvalue weighted by molar-refractivity contribution is 5.87. The maximum Gasteiger partial charge on any atom is 0.358 e. The summed E-state index contributed by atoms with van der Waals surface area (Å²) < 4.78 is 4.54. The van der Waals surface area contributed by atoms with Crippen molar-refractivity contribution >= 4 is 17.7 Å². The number of likely N-dealkylation sites (N-methyl/N-ethyl adjacent to an activating group) is 1. The first kappa shape index (κ1) is 13.9. The molecule has 98 valence electrons. The lowest BCUT2D eigenvalue weighted by atomic mass is 10.3. The third kappa shape index (κ3) is 3.41. The Morgan fingerprint density at radius 3 is 2.61 bits per heavy atom. The topological polar surface area (TPSA) is 84.4 Å². The summed E-state index contributed by atoms with van der Waals surface area (Å²) in [5.74, 6) is -0.321. The van der Waals surface area contributed by atoms with E-state index in [1.54, 1.807) is 21.0 Å². The van der Waals surface area contributed by atoms with Crippen molar-refractivity contribution < 1.29 is 14.3 Å². The van der Waals surface area contributed by atoms with Crippen LogP contribution in [0.2, 0.25) is 0 Å². The average Bonchev–Trinajstić information content (AvgIpc) is 2.36. The van der Waals surface area contributed by atoms with Crippen molar-refractivity contribution in [2.45, 2.75) is 13.0 Å². The van der Waals surface area contributed by atoms with E-state index >= 15 is 0 Å². The number of carbonyl (C=O) groups excluding carboxylic acids is 2. The molecule has 0 aliphatic heterocycles. The number of hydrogen-bond donors (Lipinski definition) is 1. The zero-order chi connectivity index (χ0) is 13.7. The molecule has 0 radical (unpaired) electrons. The monoisotopic (exact) mass is 252 g/mol. The molecule has 0 aliphatic rings. The van der Waals surface area contributed by atoms with E-state index in [1.165, 1.54) is 24.4 Å². The lowest BCUT2D eigenvalue weighted by molar-refractivity contribution is -0.129. The van der Waals surface area contributed by atoms with Gasteiger partial charge in [0.25, 0.3) is 0 Å². The number of amides is 1. The number of aromatic nitrogens is 2. The molecule has 1 rings (SSSR count). The molecule has 0 fully saturated rings. The molecule has 0 aromatic carbocycles. The number of carbonyl (C=O) groups is 2. The van der Waals surface area contributed by atoms with Crippen LogP contribution < -0.4 is 5.32 Å². The van der Waals surface area contributed by atoms with Crippen LogP contribution in [0.25, 0.3) is 0 Å².